The number of aromatic carboxylic acids is 1. The lowest BCUT2D eigenvalue weighted by atomic mass is 10.0. The number of amides is 1. The Morgan fingerprint density at radius 1 is 1.08 bits per heavy atom. The van der Waals surface area contributed by atoms with Crippen molar-refractivity contribution in [2.45, 2.75) is 32.9 Å². The Kier molecular flexibility index (Phi) is 5.41. The number of carbonyl (C=O) groups is 2. The molecule has 0 spiro atoms. The summed E-state index contributed by atoms with van der Waals surface area (Å²) in [5.41, 5.74) is 1.27. The van der Waals surface area contributed by atoms with E-state index in [-0.39, 0.29) is 5.56 Å². The van der Waals surface area contributed by atoms with Gasteiger partial charge in [0, 0.05) is 6.54 Å². The average molecular weight is 345 g/mol. The highest BCUT2D eigenvalue weighted by atomic mass is 19.1. The molecule has 5 nitrogen and oxygen atoms in total. The Balaban J connectivity index is 2.04. The quantitative estimate of drug-likeness (QED) is 0.870. The van der Waals surface area contributed by atoms with Crippen LogP contribution in [-0.2, 0) is 11.3 Å². The minimum absolute atomic E-state index is 0.307. The minimum atomic E-state index is -1.30. The van der Waals surface area contributed by atoms with Gasteiger partial charge in [0.2, 0.25) is 0 Å². The third kappa shape index (κ3) is 5.31. The summed E-state index contributed by atoms with van der Waals surface area (Å²) in [7, 11) is 0. The van der Waals surface area contributed by atoms with Crippen LogP contribution in [0.4, 0.5) is 9.18 Å². The van der Waals surface area contributed by atoms with Gasteiger partial charge >= 0.3 is 12.1 Å². The standard InChI is InChI=1S/C19H20FNO4/c1-19(2,3)25-18(24)21-11-12-4-6-13(7-5-12)14-8-9-15(17(22)23)16(20)10-14/h4-10H,11H2,1-3H3,(H,21,24)(H,22,23). The van der Waals surface area contributed by atoms with Gasteiger partial charge in [-0.3, -0.25) is 0 Å². The molecule has 6 heteroatoms. The largest absolute Gasteiger partial charge is 0.478 e. The molecule has 0 aliphatic heterocycles. The smallest absolute Gasteiger partial charge is 0.407 e. The first kappa shape index (κ1) is 18.4. The van der Waals surface area contributed by atoms with E-state index in [1.165, 1.54) is 12.1 Å². The van der Waals surface area contributed by atoms with Crippen molar-refractivity contribution >= 4 is 12.1 Å². The van der Waals surface area contributed by atoms with Crippen molar-refractivity contribution in [3.05, 3.63) is 59.4 Å². The van der Waals surface area contributed by atoms with Gasteiger partial charge in [0.05, 0.1) is 5.56 Å². The number of carbonyl (C=O) groups excluding carboxylic acids is 1. The molecule has 0 bridgehead atoms. The SMILES string of the molecule is CC(C)(C)OC(=O)NCc1ccc(-c2ccc(C(=O)O)c(F)c2)cc1. The van der Waals surface area contributed by atoms with Crippen molar-refractivity contribution < 1.29 is 23.8 Å². The van der Waals surface area contributed by atoms with E-state index in [9.17, 15) is 14.0 Å². The number of carboxylic acid groups (broad SMARTS) is 1. The molecule has 0 aliphatic rings. The van der Waals surface area contributed by atoms with Gasteiger partial charge < -0.3 is 15.2 Å². The fourth-order valence-electron chi connectivity index (χ4n) is 2.17. The molecule has 0 radical (unpaired) electrons. The van der Waals surface area contributed by atoms with E-state index in [0.717, 1.165) is 11.1 Å². The van der Waals surface area contributed by atoms with Gasteiger partial charge in [-0.05, 0) is 49.6 Å². The predicted molar refractivity (Wildman–Crippen MR) is 91.9 cm³/mol. The van der Waals surface area contributed by atoms with E-state index in [2.05, 4.69) is 5.32 Å². The molecular weight excluding hydrogens is 325 g/mol. The van der Waals surface area contributed by atoms with E-state index in [1.807, 2.05) is 0 Å². The number of nitrogens with one attached hydrogen (secondary N) is 1. The summed E-state index contributed by atoms with van der Waals surface area (Å²) < 4.78 is 18.9. The summed E-state index contributed by atoms with van der Waals surface area (Å²) in [5.74, 6) is -2.08. The van der Waals surface area contributed by atoms with E-state index in [4.69, 9.17) is 9.84 Å². The second kappa shape index (κ2) is 7.34. The summed E-state index contributed by atoms with van der Waals surface area (Å²) in [6, 6.07) is 11.1. The van der Waals surface area contributed by atoms with Crippen molar-refractivity contribution in [2.75, 3.05) is 0 Å². The number of rotatable bonds is 4. The number of carboxylic acids is 1. The highest BCUT2D eigenvalue weighted by Gasteiger charge is 2.15. The molecule has 0 unspecified atom stereocenters. The Morgan fingerprint density at radius 2 is 1.68 bits per heavy atom. The van der Waals surface area contributed by atoms with Crippen LogP contribution >= 0.6 is 0 Å². The van der Waals surface area contributed by atoms with Crippen LogP contribution in [0.2, 0.25) is 0 Å². The maximum atomic E-state index is 13.8. The van der Waals surface area contributed by atoms with Crippen molar-refractivity contribution in [3.63, 3.8) is 0 Å². The number of hydrogen-bond acceptors (Lipinski definition) is 3. The first-order valence-corrected chi connectivity index (χ1v) is 7.75. The fraction of sp³-hybridized carbons (Fsp3) is 0.263. The van der Waals surface area contributed by atoms with E-state index in [0.29, 0.717) is 12.1 Å². The minimum Gasteiger partial charge on any atom is -0.478 e. The van der Waals surface area contributed by atoms with E-state index in [1.54, 1.807) is 51.1 Å². The summed E-state index contributed by atoms with van der Waals surface area (Å²) in [4.78, 5) is 22.5. The molecule has 0 atom stereocenters. The summed E-state index contributed by atoms with van der Waals surface area (Å²) in [5, 5.41) is 11.5. The molecule has 25 heavy (non-hydrogen) atoms. The second-order valence-corrected chi connectivity index (χ2v) is 6.55. The normalized spacial score (nSPS) is 11.0. The van der Waals surface area contributed by atoms with Gasteiger partial charge in [0.15, 0.2) is 0 Å². The highest BCUT2D eigenvalue weighted by Crippen LogP contribution is 2.22. The maximum Gasteiger partial charge on any atom is 0.407 e. The zero-order valence-electron chi connectivity index (χ0n) is 14.3. The second-order valence-electron chi connectivity index (χ2n) is 6.55. The molecule has 0 saturated carbocycles. The van der Waals surface area contributed by atoms with Crippen LogP contribution in [0.25, 0.3) is 11.1 Å². The summed E-state index contributed by atoms with van der Waals surface area (Å²) in [6.07, 6.45) is -0.497. The molecule has 0 aromatic heterocycles. The lowest BCUT2D eigenvalue weighted by Crippen LogP contribution is -2.32. The van der Waals surface area contributed by atoms with Crippen LogP contribution in [0.5, 0.6) is 0 Å². The van der Waals surface area contributed by atoms with E-state index >= 15 is 0 Å². The average Bonchev–Trinajstić information content (AvgIpc) is 2.51. The molecule has 2 rings (SSSR count). The highest BCUT2D eigenvalue weighted by molar-refractivity contribution is 5.88. The molecule has 0 heterocycles. The van der Waals surface area contributed by atoms with Gasteiger partial charge in [-0.2, -0.15) is 0 Å². The molecule has 1 amide bonds. The Labute approximate surface area is 145 Å². The third-order valence-electron chi connectivity index (χ3n) is 3.32. The predicted octanol–water partition coefficient (Wildman–Crippen LogP) is 4.22. The molecular formula is C19H20FNO4. The van der Waals surface area contributed by atoms with Crippen molar-refractivity contribution in [2.24, 2.45) is 0 Å². The molecule has 2 N–H and O–H groups in total. The Morgan fingerprint density at radius 3 is 2.20 bits per heavy atom. The number of halogens is 1. The van der Waals surface area contributed by atoms with Gasteiger partial charge in [0.25, 0.3) is 0 Å². The first-order chi connectivity index (χ1) is 11.7. The Hall–Kier alpha value is -2.89. The van der Waals surface area contributed by atoms with Crippen LogP contribution in [-0.4, -0.2) is 22.8 Å². The lowest BCUT2D eigenvalue weighted by Gasteiger charge is -2.19. The van der Waals surface area contributed by atoms with E-state index < -0.39 is 23.5 Å². The van der Waals surface area contributed by atoms with Gasteiger partial charge in [0.1, 0.15) is 11.4 Å². The van der Waals surface area contributed by atoms with Crippen molar-refractivity contribution in [3.8, 4) is 11.1 Å². The topological polar surface area (TPSA) is 75.6 Å². The van der Waals surface area contributed by atoms with Crippen LogP contribution in [0, 0.1) is 5.82 Å². The molecule has 132 valence electrons. The molecule has 0 aliphatic carbocycles. The van der Waals surface area contributed by atoms with Gasteiger partial charge in [-0.1, -0.05) is 30.3 Å². The molecule has 2 aromatic rings. The van der Waals surface area contributed by atoms with Gasteiger partial charge in [-0.15, -0.1) is 0 Å². The summed E-state index contributed by atoms with van der Waals surface area (Å²) in [6.45, 7) is 5.67. The van der Waals surface area contributed by atoms with Gasteiger partial charge in [-0.25, -0.2) is 14.0 Å². The van der Waals surface area contributed by atoms with Crippen LogP contribution < -0.4 is 5.32 Å². The van der Waals surface area contributed by atoms with Crippen LogP contribution in [0.15, 0.2) is 42.5 Å². The Bertz CT molecular complexity index is 779. The summed E-state index contributed by atoms with van der Waals surface area (Å²) >= 11 is 0. The molecule has 0 saturated heterocycles. The number of alkyl carbamates (subject to hydrolysis) is 1. The first-order valence-electron chi connectivity index (χ1n) is 7.75. The maximum absolute atomic E-state index is 13.8. The fourth-order valence-corrected chi connectivity index (χ4v) is 2.17. The lowest BCUT2D eigenvalue weighted by molar-refractivity contribution is 0.0523. The number of hydrogen-bond donors (Lipinski definition) is 2. The zero-order valence-corrected chi connectivity index (χ0v) is 14.3. The monoisotopic (exact) mass is 345 g/mol. The zero-order chi connectivity index (χ0) is 18.6. The number of ether oxygens (including phenoxy) is 1. The molecule has 2 aromatic carbocycles. The van der Waals surface area contributed by atoms with Crippen LogP contribution in [0.1, 0.15) is 36.7 Å². The molecule has 0 fully saturated rings. The number of benzene rings is 2. The van der Waals surface area contributed by atoms with Crippen molar-refractivity contribution in [1.82, 2.24) is 5.32 Å². The van der Waals surface area contributed by atoms with Crippen molar-refractivity contribution in [1.29, 1.82) is 0 Å². The van der Waals surface area contributed by atoms with Crippen LogP contribution in [0.3, 0.4) is 0 Å². The third-order valence-corrected chi connectivity index (χ3v) is 3.32.